The third-order valence-corrected chi connectivity index (χ3v) is 4.42. The van der Waals surface area contributed by atoms with E-state index in [1.54, 1.807) is 0 Å². The van der Waals surface area contributed by atoms with Crippen LogP contribution in [0.3, 0.4) is 0 Å². The molecule has 0 radical (unpaired) electrons. The van der Waals surface area contributed by atoms with Crippen LogP contribution in [0.25, 0.3) is 33.0 Å². The summed E-state index contributed by atoms with van der Waals surface area (Å²) in [6.45, 7) is 0. The number of benzene rings is 4. The fourth-order valence-electron chi connectivity index (χ4n) is 3.05. The van der Waals surface area contributed by atoms with Gasteiger partial charge in [-0.2, -0.15) is 0 Å². The molecule has 0 amide bonds. The molecule has 0 spiro atoms. The third kappa shape index (κ3) is 2.62. The maximum atomic E-state index is 6.02. The van der Waals surface area contributed by atoms with Crippen molar-refractivity contribution in [3.63, 3.8) is 0 Å². The lowest BCUT2D eigenvalue weighted by atomic mass is 9.92. The van der Waals surface area contributed by atoms with Gasteiger partial charge in [-0.25, -0.2) is 0 Å². The van der Waals surface area contributed by atoms with Gasteiger partial charge in [0.15, 0.2) is 0 Å². The van der Waals surface area contributed by atoms with Crippen LogP contribution in [0.2, 0.25) is 5.02 Å². The molecular formula is C22H15Cl. The monoisotopic (exact) mass is 314 g/mol. The minimum absolute atomic E-state index is 0.763. The molecule has 0 heterocycles. The average Bonchev–Trinajstić information content (AvgIpc) is 2.62. The molecule has 0 bridgehead atoms. The summed E-state index contributed by atoms with van der Waals surface area (Å²) in [7, 11) is 0. The van der Waals surface area contributed by atoms with E-state index in [9.17, 15) is 0 Å². The minimum Gasteiger partial charge on any atom is -0.0843 e. The van der Waals surface area contributed by atoms with E-state index in [4.69, 9.17) is 11.6 Å². The van der Waals surface area contributed by atoms with Gasteiger partial charge in [0.1, 0.15) is 0 Å². The van der Waals surface area contributed by atoms with Crippen molar-refractivity contribution in [3.05, 3.63) is 96.0 Å². The van der Waals surface area contributed by atoms with Crippen LogP contribution in [0.1, 0.15) is 0 Å². The van der Waals surface area contributed by atoms with Crippen molar-refractivity contribution < 1.29 is 0 Å². The highest BCUT2D eigenvalue weighted by Crippen LogP contribution is 2.35. The highest BCUT2D eigenvalue weighted by molar-refractivity contribution is 6.30. The summed E-state index contributed by atoms with van der Waals surface area (Å²) in [5.41, 5.74) is 4.92. The van der Waals surface area contributed by atoms with E-state index < -0.39 is 0 Å². The summed E-state index contributed by atoms with van der Waals surface area (Å²) in [6, 6.07) is 31.5. The Kier molecular flexibility index (Phi) is 3.61. The van der Waals surface area contributed by atoms with Crippen LogP contribution in [0.4, 0.5) is 0 Å². The smallest absolute Gasteiger partial charge is 0.0406 e. The van der Waals surface area contributed by atoms with E-state index in [1.165, 1.54) is 33.0 Å². The number of rotatable bonds is 2. The van der Waals surface area contributed by atoms with E-state index in [-0.39, 0.29) is 0 Å². The van der Waals surface area contributed by atoms with E-state index in [1.807, 2.05) is 18.2 Å². The van der Waals surface area contributed by atoms with Crippen LogP contribution in [-0.2, 0) is 0 Å². The van der Waals surface area contributed by atoms with Gasteiger partial charge >= 0.3 is 0 Å². The summed E-state index contributed by atoms with van der Waals surface area (Å²) >= 11 is 6.02. The first kappa shape index (κ1) is 14.0. The largest absolute Gasteiger partial charge is 0.0843 e. The minimum atomic E-state index is 0.763. The molecule has 4 aromatic carbocycles. The second-order valence-electron chi connectivity index (χ2n) is 5.58. The topological polar surface area (TPSA) is 0 Å². The third-order valence-electron chi connectivity index (χ3n) is 4.16. The van der Waals surface area contributed by atoms with Gasteiger partial charge in [-0.3, -0.25) is 0 Å². The number of hydrogen-bond acceptors (Lipinski definition) is 0. The number of hydrogen-bond donors (Lipinski definition) is 0. The van der Waals surface area contributed by atoms with Crippen molar-refractivity contribution in [2.75, 3.05) is 0 Å². The summed E-state index contributed by atoms with van der Waals surface area (Å²) in [4.78, 5) is 0. The van der Waals surface area contributed by atoms with Crippen molar-refractivity contribution in [1.82, 2.24) is 0 Å². The Morgan fingerprint density at radius 3 is 1.48 bits per heavy atom. The van der Waals surface area contributed by atoms with Gasteiger partial charge in [0, 0.05) is 5.02 Å². The van der Waals surface area contributed by atoms with E-state index in [2.05, 4.69) is 72.8 Å². The zero-order valence-electron chi connectivity index (χ0n) is 12.5. The van der Waals surface area contributed by atoms with Crippen molar-refractivity contribution in [2.24, 2.45) is 0 Å². The van der Waals surface area contributed by atoms with Gasteiger partial charge in [-0.05, 0) is 45.2 Å². The van der Waals surface area contributed by atoms with Gasteiger partial charge in [-0.1, -0.05) is 90.5 Å². The van der Waals surface area contributed by atoms with E-state index in [0.717, 1.165) is 5.02 Å². The van der Waals surface area contributed by atoms with Crippen molar-refractivity contribution in [2.45, 2.75) is 0 Å². The van der Waals surface area contributed by atoms with E-state index in [0.29, 0.717) is 0 Å². The van der Waals surface area contributed by atoms with Crippen LogP contribution in [-0.4, -0.2) is 0 Å². The Balaban J connectivity index is 1.97. The molecule has 0 aromatic heterocycles. The molecule has 0 aliphatic rings. The lowest BCUT2D eigenvalue weighted by Gasteiger charge is -2.12. The molecule has 0 aliphatic carbocycles. The first-order valence-corrected chi connectivity index (χ1v) is 8.04. The van der Waals surface area contributed by atoms with Gasteiger partial charge < -0.3 is 0 Å². The van der Waals surface area contributed by atoms with Crippen LogP contribution in [0.5, 0.6) is 0 Å². The van der Waals surface area contributed by atoms with Crippen LogP contribution in [0.15, 0.2) is 91.0 Å². The van der Waals surface area contributed by atoms with E-state index >= 15 is 0 Å². The summed E-state index contributed by atoms with van der Waals surface area (Å²) in [5, 5.41) is 3.29. The fourth-order valence-corrected chi connectivity index (χ4v) is 3.18. The molecule has 23 heavy (non-hydrogen) atoms. The maximum absolute atomic E-state index is 6.02. The highest BCUT2D eigenvalue weighted by Gasteiger charge is 2.08. The van der Waals surface area contributed by atoms with Gasteiger partial charge in [0.2, 0.25) is 0 Å². The molecule has 4 aromatic rings. The number of halogens is 1. The van der Waals surface area contributed by atoms with Gasteiger partial charge in [0.25, 0.3) is 0 Å². The number of fused-ring (bicyclic) bond motifs is 1. The quantitative estimate of drug-likeness (QED) is 0.380. The van der Waals surface area contributed by atoms with Crippen LogP contribution in [0, 0.1) is 0 Å². The van der Waals surface area contributed by atoms with Gasteiger partial charge in [0.05, 0.1) is 0 Å². The van der Waals surface area contributed by atoms with Gasteiger partial charge in [-0.15, -0.1) is 0 Å². The van der Waals surface area contributed by atoms with Crippen molar-refractivity contribution in [3.8, 4) is 22.3 Å². The Morgan fingerprint density at radius 1 is 0.435 bits per heavy atom. The molecule has 110 valence electrons. The Hall–Kier alpha value is -2.57. The molecule has 0 unspecified atom stereocenters. The van der Waals surface area contributed by atoms with Crippen molar-refractivity contribution >= 4 is 22.4 Å². The molecule has 0 N–H and O–H groups in total. The molecule has 0 aliphatic heterocycles. The molecule has 0 atom stereocenters. The predicted octanol–water partition coefficient (Wildman–Crippen LogP) is 6.83. The van der Waals surface area contributed by atoms with Crippen LogP contribution < -0.4 is 0 Å². The average molecular weight is 315 g/mol. The molecule has 0 saturated heterocycles. The maximum Gasteiger partial charge on any atom is 0.0406 e. The Bertz CT molecular complexity index is 954. The standard InChI is InChI=1S/C22H15Cl/c23-18-12-10-17(11-13-18)20-15-14-19(16-6-2-1-3-7-16)21-8-4-5-9-22(20)21/h1-15H. The van der Waals surface area contributed by atoms with Crippen LogP contribution >= 0.6 is 11.6 Å². The lowest BCUT2D eigenvalue weighted by Crippen LogP contribution is -1.85. The second kappa shape index (κ2) is 5.91. The zero-order chi connectivity index (χ0) is 15.6. The molecule has 4 rings (SSSR count). The second-order valence-corrected chi connectivity index (χ2v) is 6.02. The first-order valence-electron chi connectivity index (χ1n) is 7.66. The molecule has 0 fully saturated rings. The molecule has 0 nitrogen and oxygen atoms in total. The molecule has 1 heteroatoms. The lowest BCUT2D eigenvalue weighted by molar-refractivity contribution is 1.62. The zero-order valence-corrected chi connectivity index (χ0v) is 13.3. The molecule has 0 saturated carbocycles. The summed E-state index contributed by atoms with van der Waals surface area (Å²) in [6.07, 6.45) is 0. The predicted molar refractivity (Wildman–Crippen MR) is 99.8 cm³/mol. The Labute approximate surface area is 141 Å². The molecular weight excluding hydrogens is 300 g/mol. The summed E-state index contributed by atoms with van der Waals surface area (Å²) in [5.74, 6) is 0. The highest BCUT2D eigenvalue weighted by atomic mass is 35.5. The fraction of sp³-hybridized carbons (Fsp3) is 0. The van der Waals surface area contributed by atoms with Crippen molar-refractivity contribution in [1.29, 1.82) is 0 Å². The SMILES string of the molecule is Clc1ccc(-c2ccc(-c3ccccc3)c3ccccc23)cc1. The first-order chi connectivity index (χ1) is 11.3. The summed E-state index contributed by atoms with van der Waals surface area (Å²) < 4.78 is 0. The Morgan fingerprint density at radius 2 is 0.913 bits per heavy atom. The normalized spacial score (nSPS) is 10.8.